The predicted octanol–water partition coefficient (Wildman–Crippen LogP) is 8.07. The third kappa shape index (κ3) is 6.29. The summed E-state index contributed by atoms with van der Waals surface area (Å²) in [4.78, 5) is 15.4. The number of hydrogen-bond acceptors (Lipinski definition) is 3. The second-order valence-electron chi connectivity index (χ2n) is 9.52. The number of ether oxygens (including phenoxy) is 2. The van der Waals surface area contributed by atoms with Crippen molar-refractivity contribution in [3.8, 4) is 5.75 Å². The number of carbonyl (C=O) groups is 1. The average molecular weight is 542 g/mol. The molecule has 0 aromatic heterocycles. The molecule has 39 heavy (non-hydrogen) atoms. The van der Waals surface area contributed by atoms with E-state index in [9.17, 15) is 13.6 Å². The standard InChI is InChI=1S/C33H27F2O3S/c1-33(2,25-8-7-23-5-3-4-6-24(23)21-25)38-32(36)22-37-28-13-19-31(20-14-28)39(29-15-9-26(34)10-16-29)30-17-11-27(35)12-18-30/h3-21H,22H2,1-2H3/q+1. The van der Waals surface area contributed by atoms with Gasteiger partial charge in [0.25, 0.3) is 0 Å². The highest BCUT2D eigenvalue weighted by Crippen LogP contribution is 2.33. The van der Waals surface area contributed by atoms with Gasteiger partial charge in [-0.1, -0.05) is 36.4 Å². The lowest BCUT2D eigenvalue weighted by atomic mass is 9.95. The van der Waals surface area contributed by atoms with Gasteiger partial charge in [0, 0.05) is 0 Å². The molecule has 0 saturated carbocycles. The van der Waals surface area contributed by atoms with Crippen molar-refractivity contribution < 1.29 is 23.0 Å². The van der Waals surface area contributed by atoms with E-state index in [-0.39, 0.29) is 18.2 Å². The molecule has 5 aromatic carbocycles. The third-order valence-electron chi connectivity index (χ3n) is 6.33. The molecule has 5 rings (SSSR count). The Bertz CT molecular complexity index is 1540. The van der Waals surface area contributed by atoms with Crippen molar-refractivity contribution in [2.75, 3.05) is 6.61 Å². The summed E-state index contributed by atoms with van der Waals surface area (Å²) in [6.45, 7) is 3.48. The van der Waals surface area contributed by atoms with Crippen LogP contribution in [0.1, 0.15) is 19.4 Å². The Balaban J connectivity index is 1.27. The number of fused-ring (bicyclic) bond motifs is 1. The SMILES string of the molecule is CC(C)(OC(=O)COc1ccc([S+](c2ccc(F)cc2)c2ccc(F)cc2)cc1)c1ccc2ccccc2c1. The highest BCUT2D eigenvalue weighted by atomic mass is 32.2. The van der Waals surface area contributed by atoms with Crippen LogP contribution in [-0.2, 0) is 26.0 Å². The Labute approximate surface area is 229 Å². The molecule has 0 N–H and O–H groups in total. The van der Waals surface area contributed by atoms with Gasteiger partial charge in [-0.15, -0.1) is 0 Å². The quantitative estimate of drug-likeness (QED) is 0.147. The van der Waals surface area contributed by atoms with Crippen LogP contribution in [0.5, 0.6) is 5.75 Å². The zero-order valence-corrected chi connectivity index (χ0v) is 22.4. The van der Waals surface area contributed by atoms with Crippen LogP contribution in [0.3, 0.4) is 0 Å². The first-order valence-corrected chi connectivity index (χ1v) is 13.7. The van der Waals surface area contributed by atoms with Crippen molar-refractivity contribution in [3.05, 3.63) is 132 Å². The van der Waals surface area contributed by atoms with Crippen LogP contribution in [0.15, 0.2) is 130 Å². The molecule has 0 aliphatic carbocycles. The molecule has 0 heterocycles. The first-order valence-electron chi connectivity index (χ1n) is 12.5. The molecular formula is C33H27F2O3S+. The molecule has 0 aliphatic rings. The molecule has 3 nitrogen and oxygen atoms in total. The van der Waals surface area contributed by atoms with Gasteiger partial charge < -0.3 is 9.47 Å². The van der Waals surface area contributed by atoms with Gasteiger partial charge in [-0.3, -0.25) is 0 Å². The van der Waals surface area contributed by atoms with Gasteiger partial charge in [0.05, 0.1) is 10.9 Å². The minimum Gasteiger partial charge on any atom is -0.482 e. The molecule has 0 radical (unpaired) electrons. The van der Waals surface area contributed by atoms with Crippen LogP contribution in [0, 0.1) is 11.6 Å². The molecule has 0 atom stereocenters. The Morgan fingerprint density at radius 3 is 1.77 bits per heavy atom. The highest BCUT2D eigenvalue weighted by Gasteiger charge is 2.29. The average Bonchev–Trinajstić information content (AvgIpc) is 2.94. The maximum atomic E-state index is 13.6. The predicted molar refractivity (Wildman–Crippen MR) is 150 cm³/mol. The maximum Gasteiger partial charge on any atom is 0.345 e. The number of halogens is 2. The summed E-state index contributed by atoms with van der Waals surface area (Å²) in [5, 5.41) is 2.20. The first-order chi connectivity index (χ1) is 18.8. The van der Waals surface area contributed by atoms with E-state index in [1.165, 1.54) is 24.3 Å². The lowest BCUT2D eigenvalue weighted by Crippen LogP contribution is -2.28. The molecule has 0 fully saturated rings. The number of benzene rings is 5. The molecular weight excluding hydrogens is 514 g/mol. The minimum atomic E-state index is -0.826. The Hall–Kier alpha value is -4.16. The van der Waals surface area contributed by atoms with E-state index < -0.39 is 22.5 Å². The first kappa shape index (κ1) is 26.4. The van der Waals surface area contributed by atoms with Gasteiger partial charge in [0.15, 0.2) is 21.3 Å². The topological polar surface area (TPSA) is 35.5 Å². The van der Waals surface area contributed by atoms with E-state index in [1.807, 2.05) is 68.4 Å². The zero-order valence-electron chi connectivity index (χ0n) is 21.6. The van der Waals surface area contributed by atoms with Crippen LogP contribution >= 0.6 is 0 Å². The van der Waals surface area contributed by atoms with Gasteiger partial charge in [-0.05, 0) is 109 Å². The van der Waals surface area contributed by atoms with E-state index in [0.29, 0.717) is 5.75 Å². The van der Waals surface area contributed by atoms with Crippen LogP contribution in [0.4, 0.5) is 8.78 Å². The van der Waals surface area contributed by atoms with Crippen molar-refractivity contribution in [1.82, 2.24) is 0 Å². The van der Waals surface area contributed by atoms with Crippen LogP contribution < -0.4 is 4.74 Å². The molecule has 0 unspecified atom stereocenters. The van der Waals surface area contributed by atoms with Gasteiger partial charge in [0.2, 0.25) is 0 Å². The van der Waals surface area contributed by atoms with Crippen molar-refractivity contribution in [3.63, 3.8) is 0 Å². The second-order valence-corrected chi connectivity index (χ2v) is 11.5. The smallest absolute Gasteiger partial charge is 0.345 e. The van der Waals surface area contributed by atoms with Crippen molar-refractivity contribution in [2.45, 2.75) is 34.1 Å². The fourth-order valence-electron chi connectivity index (χ4n) is 4.30. The fourth-order valence-corrected chi connectivity index (χ4v) is 6.34. The van der Waals surface area contributed by atoms with Gasteiger partial charge in [-0.2, -0.15) is 0 Å². The summed E-state index contributed by atoms with van der Waals surface area (Å²) in [5.74, 6) is -0.600. The molecule has 0 bridgehead atoms. The zero-order chi connectivity index (χ0) is 27.4. The van der Waals surface area contributed by atoms with E-state index in [2.05, 4.69) is 0 Å². The second kappa shape index (κ2) is 11.3. The molecule has 0 saturated heterocycles. The normalized spacial score (nSPS) is 11.5. The highest BCUT2D eigenvalue weighted by molar-refractivity contribution is 7.97. The summed E-state index contributed by atoms with van der Waals surface area (Å²) in [7, 11) is -0.578. The third-order valence-corrected chi connectivity index (χ3v) is 8.56. The monoisotopic (exact) mass is 541 g/mol. The molecule has 5 aromatic rings. The largest absolute Gasteiger partial charge is 0.482 e. The Kier molecular flexibility index (Phi) is 7.66. The number of carbonyl (C=O) groups excluding carboxylic acids is 1. The Morgan fingerprint density at radius 2 is 1.21 bits per heavy atom. The molecule has 0 spiro atoms. The van der Waals surface area contributed by atoms with Gasteiger partial charge in [-0.25, -0.2) is 13.6 Å². The van der Waals surface area contributed by atoms with Crippen molar-refractivity contribution in [1.29, 1.82) is 0 Å². The molecule has 6 heteroatoms. The summed E-state index contributed by atoms with van der Waals surface area (Å²) in [6, 6.07) is 34.0. The van der Waals surface area contributed by atoms with Crippen LogP contribution in [0.2, 0.25) is 0 Å². The van der Waals surface area contributed by atoms with E-state index in [4.69, 9.17) is 9.47 Å². The summed E-state index contributed by atoms with van der Waals surface area (Å²) in [6.07, 6.45) is 0. The van der Waals surface area contributed by atoms with E-state index >= 15 is 0 Å². The minimum absolute atomic E-state index is 0.238. The van der Waals surface area contributed by atoms with Gasteiger partial charge in [0.1, 0.15) is 23.0 Å². The summed E-state index contributed by atoms with van der Waals surface area (Å²) < 4.78 is 38.6. The lowest BCUT2D eigenvalue weighted by Gasteiger charge is -2.26. The van der Waals surface area contributed by atoms with Crippen LogP contribution in [-0.4, -0.2) is 12.6 Å². The summed E-state index contributed by atoms with van der Waals surface area (Å²) >= 11 is 0. The number of rotatable bonds is 8. The van der Waals surface area contributed by atoms with E-state index in [0.717, 1.165) is 31.0 Å². The molecule has 196 valence electrons. The molecule has 0 aliphatic heterocycles. The van der Waals surface area contributed by atoms with Crippen molar-refractivity contribution in [2.24, 2.45) is 0 Å². The number of hydrogen-bond donors (Lipinski definition) is 0. The lowest BCUT2D eigenvalue weighted by molar-refractivity contribution is -0.159. The molecule has 0 amide bonds. The van der Waals surface area contributed by atoms with E-state index in [1.54, 1.807) is 36.4 Å². The number of esters is 1. The summed E-state index contributed by atoms with van der Waals surface area (Å²) in [5.41, 5.74) is 0.0695. The van der Waals surface area contributed by atoms with Crippen LogP contribution in [0.25, 0.3) is 10.8 Å². The fraction of sp³-hybridized carbons (Fsp3) is 0.121. The van der Waals surface area contributed by atoms with Crippen molar-refractivity contribution >= 4 is 27.6 Å². The maximum absolute atomic E-state index is 13.6. The Morgan fingerprint density at radius 1 is 0.692 bits per heavy atom. The van der Waals surface area contributed by atoms with Gasteiger partial charge >= 0.3 is 5.97 Å².